The van der Waals surface area contributed by atoms with Crippen LogP contribution >= 0.6 is 0 Å². The zero-order chi connectivity index (χ0) is 24.1. The van der Waals surface area contributed by atoms with Crippen LogP contribution < -0.4 is 15.5 Å². The first-order valence-corrected chi connectivity index (χ1v) is 13.4. The maximum absolute atomic E-state index is 14.9. The Balaban J connectivity index is 1.51. The SMILES string of the molecule is C[C@H]1COCCN1c1cc(C2(S(C)(=O)=O)CC2)nc(-c2ccc(NC(=O)NC3CC3)c(F)c2)n1. The Morgan fingerprint density at radius 3 is 2.62 bits per heavy atom. The van der Waals surface area contributed by atoms with Gasteiger partial charge in [-0.2, -0.15) is 0 Å². The standard InChI is InChI=1S/C23H28FN5O4S/c1-14-13-33-10-9-29(14)20-12-19(23(7-8-23)34(2,31)32)27-21(28-20)15-3-6-18(17(24)11-15)26-22(30)25-16-4-5-16/h3,6,11-12,14,16H,4-5,7-10,13H2,1-2H3,(H2,25,26,30)/t14-/m0/s1. The van der Waals surface area contributed by atoms with Crippen LogP contribution in [0.15, 0.2) is 24.3 Å². The van der Waals surface area contributed by atoms with E-state index in [1.165, 1.54) is 18.4 Å². The number of morpholine rings is 1. The molecule has 1 aromatic carbocycles. The number of nitrogens with zero attached hydrogens (tertiary/aromatic N) is 3. The fourth-order valence-electron chi connectivity index (χ4n) is 4.27. The van der Waals surface area contributed by atoms with Crippen LogP contribution in [-0.2, 0) is 19.3 Å². The van der Waals surface area contributed by atoms with E-state index in [-0.39, 0.29) is 23.6 Å². The van der Waals surface area contributed by atoms with Gasteiger partial charge in [-0.1, -0.05) is 0 Å². The van der Waals surface area contributed by atoms with Crippen LogP contribution in [0.2, 0.25) is 0 Å². The van der Waals surface area contributed by atoms with E-state index >= 15 is 0 Å². The monoisotopic (exact) mass is 489 g/mol. The normalized spacial score (nSPS) is 21.7. The molecule has 1 saturated heterocycles. The van der Waals surface area contributed by atoms with Gasteiger partial charge in [-0.25, -0.2) is 27.6 Å². The summed E-state index contributed by atoms with van der Waals surface area (Å²) in [6, 6.07) is 5.86. The number of aromatic nitrogens is 2. The second-order valence-corrected chi connectivity index (χ2v) is 11.7. The fraction of sp³-hybridized carbons (Fsp3) is 0.522. The lowest BCUT2D eigenvalue weighted by molar-refractivity contribution is 0.0985. The van der Waals surface area contributed by atoms with Crippen LogP contribution in [0.1, 0.15) is 38.3 Å². The number of halogens is 1. The van der Waals surface area contributed by atoms with Gasteiger partial charge in [0.2, 0.25) is 0 Å². The van der Waals surface area contributed by atoms with Crippen molar-refractivity contribution in [2.24, 2.45) is 0 Å². The number of hydrogen-bond acceptors (Lipinski definition) is 7. The highest BCUT2D eigenvalue weighted by atomic mass is 32.2. The summed E-state index contributed by atoms with van der Waals surface area (Å²) in [5, 5.41) is 5.28. The van der Waals surface area contributed by atoms with Gasteiger partial charge < -0.3 is 20.3 Å². The number of ether oxygens (including phenoxy) is 1. The third-order valence-electron chi connectivity index (χ3n) is 6.64. The van der Waals surface area contributed by atoms with E-state index in [0.717, 1.165) is 12.8 Å². The van der Waals surface area contributed by atoms with Gasteiger partial charge in [-0.15, -0.1) is 0 Å². The van der Waals surface area contributed by atoms with Crippen molar-refractivity contribution >= 4 is 27.4 Å². The van der Waals surface area contributed by atoms with Gasteiger partial charge in [-0.3, -0.25) is 0 Å². The highest BCUT2D eigenvalue weighted by molar-refractivity contribution is 7.91. The molecule has 2 aromatic rings. The predicted octanol–water partition coefficient (Wildman–Crippen LogP) is 2.83. The van der Waals surface area contributed by atoms with Crippen LogP contribution in [0.5, 0.6) is 0 Å². The smallest absolute Gasteiger partial charge is 0.319 e. The summed E-state index contributed by atoms with van der Waals surface area (Å²) in [4.78, 5) is 23.3. The van der Waals surface area contributed by atoms with Crippen LogP contribution in [0.25, 0.3) is 11.4 Å². The number of nitrogens with one attached hydrogen (secondary N) is 2. The number of carbonyl (C=O) groups is 1. The van der Waals surface area contributed by atoms with Crippen molar-refractivity contribution in [3.8, 4) is 11.4 Å². The summed E-state index contributed by atoms with van der Waals surface area (Å²) < 4.78 is 44.6. The molecule has 182 valence electrons. The van der Waals surface area contributed by atoms with Crippen molar-refractivity contribution in [2.45, 2.75) is 49.4 Å². The number of amides is 2. The largest absolute Gasteiger partial charge is 0.377 e. The van der Waals surface area contributed by atoms with E-state index in [4.69, 9.17) is 4.74 Å². The van der Waals surface area contributed by atoms with Crippen LogP contribution in [0, 0.1) is 5.82 Å². The second kappa shape index (κ2) is 8.46. The van der Waals surface area contributed by atoms with Gasteiger partial charge in [-0.05, 0) is 50.8 Å². The summed E-state index contributed by atoms with van der Waals surface area (Å²) in [7, 11) is -3.40. The number of anilines is 2. The number of rotatable bonds is 6. The number of carbonyl (C=O) groups excluding carboxylic acids is 1. The van der Waals surface area contributed by atoms with E-state index in [9.17, 15) is 17.6 Å². The van der Waals surface area contributed by atoms with E-state index < -0.39 is 26.4 Å². The predicted molar refractivity (Wildman–Crippen MR) is 126 cm³/mol. The molecule has 1 atom stereocenters. The van der Waals surface area contributed by atoms with Gasteiger partial charge in [0.15, 0.2) is 15.7 Å². The maximum Gasteiger partial charge on any atom is 0.319 e. The lowest BCUT2D eigenvalue weighted by atomic mass is 10.1. The molecule has 3 aliphatic rings. The minimum absolute atomic E-state index is 0.0472. The average Bonchev–Trinajstić information content (AvgIpc) is 3.69. The highest BCUT2D eigenvalue weighted by Crippen LogP contribution is 2.52. The van der Waals surface area contributed by atoms with Crippen molar-refractivity contribution in [3.05, 3.63) is 35.8 Å². The van der Waals surface area contributed by atoms with E-state index in [1.807, 2.05) is 6.92 Å². The Kier molecular flexibility index (Phi) is 5.71. The first-order chi connectivity index (χ1) is 16.2. The lowest BCUT2D eigenvalue weighted by Gasteiger charge is -2.34. The van der Waals surface area contributed by atoms with Gasteiger partial charge in [0, 0.05) is 30.5 Å². The van der Waals surface area contributed by atoms with Crippen molar-refractivity contribution in [3.63, 3.8) is 0 Å². The van der Waals surface area contributed by atoms with Gasteiger partial charge in [0.25, 0.3) is 0 Å². The molecule has 0 unspecified atom stereocenters. The molecule has 11 heteroatoms. The Bertz CT molecular complexity index is 1230. The molecular formula is C23H28FN5O4S. The second-order valence-electron chi connectivity index (χ2n) is 9.39. The van der Waals surface area contributed by atoms with Gasteiger partial charge in [0.1, 0.15) is 16.4 Å². The van der Waals surface area contributed by atoms with Crippen LogP contribution in [0.4, 0.5) is 20.7 Å². The molecule has 5 rings (SSSR count). The first-order valence-electron chi connectivity index (χ1n) is 11.5. The Labute approximate surface area is 198 Å². The van der Waals surface area contributed by atoms with Crippen molar-refractivity contribution in [2.75, 3.05) is 36.2 Å². The van der Waals surface area contributed by atoms with Crippen LogP contribution in [-0.4, -0.2) is 62.5 Å². The number of benzene rings is 1. The maximum atomic E-state index is 14.9. The fourth-order valence-corrected chi connectivity index (χ4v) is 5.60. The van der Waals surface area contributed by atoms with E-state index in [2.05, 4.69) is 25.5 Å². The molecule has 0 spiro atoms. The molecule has 2 N–H and O–H groups in total. The topological polar surface area (TPSA) is 114 Å². The molecule has 1 aliphatic heterocycles. The van der Waals surface area contributed by atoms with Crippen molar-refractivity contribution in [1.29, 1.82) is 0 Å². The molecule has 2 amide bonds. The summed E-state index contributed by atoms with van der Waals surface area (Å²) in [6.07, 6.45) is 4.08. The quantitative estimate of drug-likeness (QED) is 0.641. The Morgan fingerprint density at radius 2 is 2.00 bits per heavy atom. The van der Waals surface area contributed by atoms with Gasteiger partial charge >= 0.3 is 6.03 Å². The number of hydrogen-bond donors (Lipinski definition) is 2. The van der Waals surface area contributed by atoms with Crippen molar-refractivity contribution < 1.29 is 22.3 Å². The molecule has 9 nitrogen and oxygen atoms in total. The summed E-state index contributed by atoms with van der Waals surface area (Å²) in [6.45, 7) is 3.69. The lowest BCUT2D eigenvalue weighted by Crippen LogP contribution is -2.44. The molecule has 2 saturated carbocycles. The number of urea groups is 1. The Hall–Kier alpha value is -2.79. The zero-order valence-electron chi connectivity index (χ0n) is 19.2. The molecule has 34 heavy (non-hydrogen) atoms. The molecule has 2 heterocycles. The third-order valence-corrected chi connectivity index (χ3v) is 8.68. The van der Waals surface area contributed by atoms with Gasteiger partial charge in [0.05, 0.1) is 30.6 Å². The molecule has 2 aliphatic carbocycles. The molecule has 1 aromatic heterocycles. The highest BCUT2D eigenvalue weighted by Gasteiger charge is 2.55. The van der Waals surface area contributed by atoms with E-state index in [1.54, 1.807) is 12.1 Å². The molecule has 3 fully saturated rings. The Morgan fingerprint density at radius 1 is 1.24 bits per heavy atom. The molecule has 0 bridgehead atoms. The summed E-state index contributed by atoms with van der Waals surface area (Å²) in [5.74, 6) is 0.217. The third kappa shape index (κ3) is 4.46. The molecule has 0 radical (unpaired) electrons. The first kappa shape index (κ1) is 23.0. The minimum Gasteiger partial charge on any atom is -0.377 e. The summed E-state index contributed by atoms with van der Waals surface area (Å²) in [5.41, 5.74) is 0.883. The minimum atomic E-state index is -3.40. The molecular weight excluding hydrogens is 461 g/mol. The van der Waals surface area contributed by atoms with E-state index in [0.29, 0.717) is 49.7 Å². The van der Waals surface area contributed by atoms with Crippen molar-refractivity contribution in [1.82, 2.24) is 15.3 Å². The van der Waals surface area contributed by atoms with Crippen LogP contribution in [0.3, 0.4) is 0 Å². The summed E-state index contributed by atoms with van der Waals surface area (Å²) >= 11 is 0. The number of sulfone groups is 1. The average molecular weight is 490 g/mol. The zero-order valence-corrected chi connectivity index (χ0v) is 20.0.